The fourth-order valence-corrected chi connectivity index (χ4v) is 1.27. The highest BCUT2D eigenvalue weighted by Crippen LogP contribution is 2.12. The summed E-state index contributed by atoms with van der Waals surface area (Å²) in [6, 6.07) is 5.74. The number of rotatable bonds is 7. The third-order valence-corrected chi connectivity index (χ3v) is 2.04. The molecule has 0 aromatic carbocycles. The predicted molar refractivity (Wildman–Crippen MR) is 58.5 cm³/mol. The average molecular weight is 210 g/mol. The summed E-state index contributed by atoms with van der Waals surface area (Å²) in [5.41, 5.74) is 6.51. The second-order valence-electron chi connectivity index (χ2n) is 3.20. The minimum Gasteiger partial charge on any atom is -0.385 e. The van der Waals surface area contributed by atoms with Gasteiger partial charge in [0, 0.05) is 33.1 Å². The van der Waals surface area contributed by atoms with E-state index in [2.05, 4.69) is 4.98 Å². The molecule has 1 rings (SSSR count). The number of aromatic nitrogens is 1. The molecule has 0 saturated heterocycles. The monoisotopic (exact) mass is 210 g/mol. The van der Waals surface area contributed by atoms with Gasteiger partial charge < -0.3 is 15.2 Å². The van der Waals surface area contributed by atoms with E-state index in [1.54, 1.807) is 13.3 Å². The van der Waals surface area contributed by atoms with E-state index in [1.165, 1.54) is 0 Å². The highest BCUT2D eigenvalue weighted by atomic mass is 16.5. The van der Waals surface area contributed by atoms with Gasteiger partial charge in [0.2, 0.25) is 0 Å². The quantitative estimate of drug-likeness (QED) is 0.685. The Bertz CT molecular complexity index is 254. The van der Waals surface area contributed by atoms with Crippen molar-refractivity contribution in [3.8, 4) is 0 Å². The Hall–Kier alpha value is -0.970. The molecular formula is C11H18N2O2. The maximum absolute atomic E-state index is 5.62. The van der Waals surface area contributed by atoms with E-state index < -0.39 is 0 Å². The number of pyridine rings is 1. The molecule has 0 spiro atoms. The predicted octanol–water partition coefficient (Wildman–Crippen LogP) is 1.13. The van der Waals surface area contributed by atoms with Crippen molar-refractivity contribution >= 4 is 0 Å². The van der Waals surface area contributed by atoms with E-state index in [0.717, 1.165) is 12.1 Å². The molecule has 0 fully saturated rings. The van der Waals surface area contributed by atoms with Crippen LogP contribution in [0, 0.1) is 0 Å². The van der Waals surface area contributed by atoms with E-state index in [9.17, 15) is 0 Å². The van der Waals surface area contributed by atoms with Crippen molar-refractivity contribution < 1.29 is 9.47 Å². The second-order valence-corrected chi connectivity index (χ2v) is 3.20. The largest absolute Gasteiger partial charge is 0.385 e. The van der Waals surface area contributed by atoms with Crippen LogP contribution in [-0.2, 0) is 9.47 Å². The Kier molecular flexibility index (Phi) is 5.92. The second kappa shape index (κ2) is 7.34. The molecule has 0 aliphatic heterocycles. The van der Waals surface area contributed by atoms with Gasteiger partial charge in [-0.05, 0) is 18.6 Å². The highest BCUT2D eigenvalue weighted by Gasteiger charge is 2.10. The van der Waals surface area contributed by atoms with Crippen molar-refractivity contribution in [2.24, 2.45) is 5.73 Å². The molecule has 1 unspecified atom stereocenters. The standard InChI is InChI=1S/C11H18N2O2/c1-14-7-4-8-15-11(9-12)10-5-2-3-6-13-10/h2-3,5-6,11H,4,7-9,12H2,1H3. The van der Waals surface area contributed by atoms with Gasteiger partial charge >= 0.3 is 0 Å². The van der Waals surface area contributed by atoms with Gasteiger partial charge in [-0.2, -0.15) is 0 Å². The molecule has 0 amide bonds. The van der Waals surface area contributed by atoms with Crippen LogP contribution in [0.3, 0.4) is 0 Å². The molecule has 1 heterocycles. The number of nitrogens with two attached hydrogens (primary N) is 1. The molecule has 4 nitrogen and oxygen atoms in total. The summed E-state index contributed by atoms with van der Waals surface area (Å²) in [4.78, 5) is 4.21. The Balaban J connectivity index is 2.36. The van der Waals surface area contributed by atoms with Crippen LogP contribution in [0.5, 0.6) is 0 Å². The van der Waals surface area contributed by atoms with Crippen molar-refractivity contribution in [2.75, 3.05) is 26.9 Å². The first kappa shape index (κ1) is 12.1. The van der Waals surface area contributed by atoms with E-state index in [-0.39, 0.29) is 6.10 Å². The molecule has 1 aromatic rings. The van der Waals surface area contributed by atoms with Crippen molar-refractivity contribution in [3.05, 3.63) is 30.1 Å². The van der Waals surface area contributed by atoms with E-state index >= 15 is 0 Å². The van der Waals surface area contributed by atoms with Gasteiger partial charge in [-0.15, -0.1) is 0 Å². The van der Waals surface area contributed by atoms with Crippen LogP contribution in [0.2, 0.25) is 0 Å². The Morgan fingerprint density at radius 3 is 2.87 bits per heavy atom. The topological polar surface area (TPSA) is 57.4 Å². The van der Waals surface area contributed by atoms with Gasteiger partial charge in [-0.1, -0.05) is 6.07 Å². The van der Waals surface area contributed by atoms with Crippen LogP contribution in [-0.4, -0.2) is 31.9 Å². The van der Waals surface area contributed by atoms with Gasteiger partial charge in [0.15, 0.2) is 0 Å². The number of nitrogens with zero attached hydrogens (tertiary/aromatic N) is 1. The first-order chi connectivity index (χ1) is 7.38. The Morgan fingerprint density at radius 1 is 1.40 bits per heavy atom. The molecule has 0 saturated carbocycles. The maximum atomic E-state index is 5.62. The summed E-state index contributed by atoms with van der Waals surface area (Å²) < 4.78 is 10.5. The minimum absolute atomic E-state index is 0.108. The van der Waals surface area contributed by atoms with E-state index in [4.69, 9.17) is 15.2 Å². The van der Waals surface area contributed by atoms with Crippen molar-refractivity contribution in [2.45, 2.75) is 12.5 Å². The molecule has 0 bridgehead atoms. The van der Waals surface area contributed by atoms with Crippen molar-refractivity contribution in [1.82, 2.24) is 4.98 Å². The smallest absolute Gasteiger partial charge is 0.112 e. The molecule has 84 valence electrons. The normalized spacial score (nSPS) is 12.7. The third kappa shape index (κ3) is 4.38. The first-order valence-electron chi connectivity index (χ1n) is 5.10. The van der Waals surface area contributed by atoms with Crippen molar-refractivity contribution in [1.29, 1.82) is 0 Å². The van der Waals surface area contributed by atoms with Crippen molar-refractivity contribution in [3.63, 3.8) is 0 Å². The number of methoxy groups -OCH3 is 1. The molecule has 0 aliphatic rings. The lowest BCUT2D eigenvalue weighted by Gasteiger charge is -2.14. The summed E-state index contributed by atoms with van der Waals surface area (Å²) >= 11 is 0. The van der Waals surface area contributed by atoms with Crippen LogP contribution < -0.4 is 5.73 Å². The van der Waals surface area contributed by atoms with Crippen LogP contribution in [0.4, 0.5) is 0 Å². The molecule has 0 aliphatic carbocycles. The fraction of sp³-hybridized carbons (Fsp3) is 0.545. The molecule has 0 radical (unpaired) electrons. The fourth-order valence-electron chi connectivity index (χ4n) is 1.27. The minimum atomic E-state index is -0.108. The Morgan fingerprint density at radius 2 is 2.27 bits per heavy atom. The Labute approximate surface area is 90.4 Å². The van der Waals surface area contributed by atoms with Gasteiger partial charge in [0.1, 0.15) is 6.10 Å². The third-order valence-electron chi connectivity index (χ3n) is 2.04. The number of hydrogen-bond donors (Lipinski definition) is 1. The average Bonchev–Trinajstić information content (AvgIpc) is 2.30. The molecule has 15 heavy (non-hydrogen) atoms. The first-order valence-corrected chi connectivity index (χ1v) is 5.10. The van der Waals surface area contributed by atoms with Crippen LogP contribution in [0.25, 0.3) is 0 Å². The van der Waals surface area contributed by atoms with Gasteiger partial charge in [-0.25, -0.2) is 0 Å². The summed E-state index contributed by atoms with van der Waals surface area (Å²) in [6.45, 7) is 1.80. The van der Waals surface area contributed by atoms with Gasteiger partial charge in [0.25, 0.3) is 0 Å². The van der Waals surface area contributed by atoms with E-state index in [0.29, 0.717) is 19.8 Å². The van der Waals surface area contributed by atoms with E-state index in [1.807, 2.05) is 18.2 Å². The molecular weight excluding hydrogens is 192 g/mol. The van der Waals surface area contributed by atoms with Gasteiger partial charge in [0.05, 0.1) is 5.69 Å². The lowest BCUT2D eigenvalue weighted by atomic mass is 10.2. The summed E-state index contributed by atoms with van der Waals surface area (Å²) in [6.07, 6.45) is 2.51. The number of ether oxygens (including phenoxy) is 2. The number of hydrogen-bond acceptors (Lipinski definition) is 4. The summed E-state index contributed by atoms with van der Waals surface area (Å²) in [5, 5.41) is 0. The lowest BCUT2D eigenvalue weighted by Crippen LogP contribution is -2.17. The summed E-state index contributed by atoms with van der Waals surface area (Å²) in [5.74, 6) is 0. The molecule has 1 aromatic heterocycles. The summed E-state index contributed by atoms with van der Waals surface area (Å²) in [7, 11) is 1.68. The zero-order chi connectivity index (χ0) is 10.9. The highest BCUT2D eigenvalue weighted by molar-refractivity contribution is 5.07. The zero-order valence-corrected chi connectivity index (χ0v) is 9.06. The van der Waals surface area contributed by atoms with Crippen LogP contribution in [0.1, 0.15) is 18.2 Å². The zero-order valence-electron chi connectivity index (χ0n) is 9.06. The van der Waals surface area contributed by atoms with Crippen LogP contribution >= 0.6 is 0 Å². The molecule has 4 heteroatoms. The molecule has 1 atom stereocenters. The van der Waals surface area contributed by atoms with Gasteiger partial charge in [-0.3, -0.25) is 4.98 Å². The van der Waals surface area contributed by atoms with Crippen LogP contribution in [0.15, 0.2) is 24.4 Å². The molecule has 2 N–H and O–H groups in total. The lowest BCUT2D eigenvalue weighted by molar-refractivity contribution is 0.0415. The maximum Gasteiger partial charge on any atom is 0.112 e. The SMILES string of the molecule is COCCCOC(CN)c1ccccn1.